The molecule has 0 saturated carbocycles. The molecule has 1 atom stereocenters. The van der Waals surface area contributed by atoms with Crippen LogP contribution in [0, 0.1) is 6.92 Å². The van der Waals surface area contributed by atoms with Crippen LogP contribution in [0.3, 0.4) is 0 Å². The third-order valence-electron chi connectivity index (χ3n) is 3.57. The molecule has 5 nitrogen and oxygen atoms in total. The summed E-state index contributed by atoms with van der Waals surface area (Å²) in [5, 5.41) is 4.50. The number of nitrogens with zero attached hydrogens (tertiary/aromatic N) is 1. The van der Waals surface area contributed by atoms with Crippen LogP contribution in [-0.4, -0.2) is 37.6 Å². The third kappa shape index (κ3) is 3.33. The molecule has 19 heavy (non-hydrogen) atoms. The van der Waals surface area contributed by atoms with E-state index in [2.05, 4.69) is 0 Å². The monoisotopic (exact) mass is 282 g/mol. The maximum absolute atomic E-state index is 12.1. The SMILES string of the molecule is Cc1ccccc1CC(=O)N1CCC(S(N)(=O)=O)C1. The van der Waals surface area contributed by atoms with E-state index in [1.807, 2.05) is 31.2 Å². The summed E-state index contributed by atoms with van der Waals surface area (Å²) in [5.41, 5.74) is 2.05. The van der Waals surface area contributed by atoms with E-state index in [1.54, 1.807) is 4.90 Å². The molecule has 1 aromatic carbocycles. The van der Waals surface area contributed by atoms with Gasteiger partial charge in [-0.15, -0.1) is 0 Å². The Balaban J connectivity index is 2.01. The van der Waals surface area contributed by atoms with Crippen molar-refractivity contribution in [3.05, 3.63) is 35.4 Å². The van der Waals surface area contributed by atoms with Gasteiger partial charge in [-0.05, 0) is 24.5 Å². The van der Waals surface area contributed by atoms with E-state index in [4.69, 9.17) is 5.14 Å². The number of rotatable bonds is 3. The predicted octanol–water partition coefficient (Wildman–Crippen LogP) is 0.427. The molecule has 0 aliphatic carbocycles. The molecule has 2 N–H and O–H groups in total. The van der Waals surface area contributed by atoms with E-state index in [9.17, 15) is 13.2 Å². The molecular formula is C13H18N2O3S. The molecule has 1 saturated heterocycles. The Morgan fingerprint density at radius 3 is 2.68 bits per heavy atom. The van der Waals surface area contributed by atoms with Crippen molar-refractivity contribution in [2.24, 2.45) is 5.14 Å². The zero-order valence-corrected chi connectivity index (χ0v) is 11.7. The van der Waals surface area contributed by atoms with Crippen molar-refractivity contribution < 1.29 is 13.2 Å². The summed E-state index contributed by atoms with van der Waals surface area (Å²) < 4.78 is 22.5. The van der Waals surface area contributed by atoms with Gasteiger partial charge in [-0.25, -0.2) is 13.6 Å². The van der Waals surface area contributed by atoms with Crippen LogP contribution < -0.4 is 5.14 Å². The van der Waals surface area contributed by atoms with E-state index in [0.717, 1.165) is 11.1 Å². The lowest BCUT2D eigenvalue weighted by atomic mass is 10.1. The molecule has 104 valence electrons. The molecule has 1 unspecified atom stereocenters. The number of carbonyl (C=O) groups excluding carboxylic acids is 1. The predicted molar refractivity (Wildman–Crippen MR) is 73.0 cm³/mol. The zero-order valence-electron chi connectivity index (χ0n) is 10.9. The van der Waals surface area contributed by atoms with E-state index in [1.165, 1.54) is 0 Å². The summed E-state index contributed by atoms with van der Waals surface area (Å²) in [5.74, 6) is -0.0412. The number of carbonyl (C=O) groups is 1. The van der Waals surface area contributed by atoms with Crippen LogP contribution in [0.2, 0.25) is 0 Å². The van der Waals surface area contributed by atoms with E-state index in [-0.39, 0.29) is 12.5 Å². The summed E-state index contributed by atoms with van der Waals surface area (Å²) >= 11 is 0. The highest BCUT2D eigenvalue weighted by Crippen LogP contribution is 2.17. The number of sulfonamides is 1. The van der Waals surface area contributed by atoms with Crippen molar-refractivity contribution >= 4 is 15.9 Å². The molecular weight excluding hydrogens is 264 g/mol. The van der Waals surface area contributed by atoms with E-state index >= 15 is 0 Å². The Kier molecular flexibility index (Phi) is 3.91. The van der Waals surface area contributed by atoms with Gasteiger partial charge in [0.15, 0.2) is 0 Å². The second-order valence-electron chi connectivity index (χ2n) is 4.94. The highest BCUT2D eigenvalue weighted by Gasteiger charge is 2.32. The minimum absolute atomic E-state index is 0.0412. The third-order valence-corrected chi connectivity index (χ3v) is 4.88. The first-order valence-corrected chi connectivity index (χ1v) is 7.83. The van der Waals surface area contributed by atoms with Gasteiger partial charge in [0.25, 0.3) is 0 Å². The smallest absolute Gasteiger partial charge is 0.227 e. The maximum atomic E-state index is 12.1. The molecule has 0 aromatic heterocycles. The van der Waals surface area contributed by atoms with Gasteiger partial charge in [-0.2, -0.15) is 0 Å². The Labute approximate surface area is 113 Å². The fourth-order valence-electron chi connectivity index (χ4n) is 2.31. The molecule has 1 aliphatic heterocycles. The lowest BCUT2D eigenvalue weighted by Crippen LogP contribution is -2.35. The fraction of sp³-hybridized carbons (Fsp3) is 0.462. The van der Waals surface area contributed by atoms with Crippen molar-refractivity contribution in [2.75, 3.05) is 13.1 Å². The molecule has 0 radical (unpaired) electrons. The lowest BCUT2D eigenvalue weighted by molar-refractivity contribution is -0.129. The Morgan fingerprint density at radius 2 is 2.11 bits per heavy atom. The van der Waals surface area contributed by atoms with Crippen molar-refractivity contribution in [1.82, 2.24) is 4.90 Å². The van der Waals surface area contributed by atoms with Gasteiger partial charge in [0.2, 0.25) is 15.9 Å². The average Bonchev–Trinajstić information content (AvgIpc) is 2.81. The van der Waals surface area contributed by atoms with Crippen LogP contribution in [-0.2, 0) is 21.2 Å². The normalized spacial score (nSPS) is 19.7. The van der Waals surface area contributed by atoms with Crippen molar-refractivity contribution in [3.8, 4) is 0 Å². The number of benzene rings is 1. The topological polar surface area (TPSA) is 80.5 Å². The van der Waals surface area contributed by atoms with Crippen LogP contribution in [0.25, 0.3) is 0 Å². The minimum atomic E-state index is -3.54. The Morgan fingerprint density at radius 1 is 1.42 bits per heavy atom. The first kappa shape index (κ1) is 14.0. The maximum Gasteiger partial charge on any atom is 0.227 e. The second-order valence-corrected chi connectivity index (χ2v) is 6.79. The number of nitrogens with two attached hydrogens (primary N) is 1. The van der Waals surface area contributed by atoms with Gasteiger partial charge in [-0.3, -0.25) is 4.79 Å². The number of hydrogen-bond acceptors (Lipinski definition) is 3. The zero-order chi connectivity index (χ0) is 14.0. The number of hydrogen-bond donors (Lipinski definition) is 1. The van der Waals surface area contributed by atoms with Crippen LogP contribution in [0.5, 0.6) is 0 Å². The van der Waals surface area contributed by atoms with E-state index in [0.29, 0.717) is 19.4 Å². The van der Waals surface area contributed by atoms with Gasteiger partial charge >= 0.3 is 0 Å². The van der Waals surface area contributed by atoms with Gasteiger partial charge < -0.3 is 4.90 Å². The molecule has 2 rings (SSSR count). The summed E-state index contributed by atoms with van der Waals surface area (Å²) in [6, 6.07) is 7.70. The van der Waals surface area contributed by atoms with Crippen LogP contribution in [0.4, 0.5) is 0 Å². The highest BCUT2D eigenvalue weighted by molar-refractivity contribution is 7.89. The number of primary sulfonamides is 1. The summed E-state index contributed by atoms with van der Waals surface area (Å²) in [4.78, 5) is 13.7. The Hall–Kier alpha value is -1.40. The van der Waals surface area contributed by atoms with Gasteiger partial charge in [0.05, 0.1) is 11.7 Å². The summed E-state index contributed by atoms with van der Waals surface area (Å²) in [7, 11) is -3.54. The minimum Gasteiger partial charge on any atom is -0.341 e. The molecule has 1 aliphatic rings. The quantitative estimate of drug-likeness (QED) is 0.873. The number of aryl methyl sites for hydroxylation is 1. The van der Waals surface area contributed by atoms with Crippen molar-refractivity contribution in [1.29, 1.82) is 0 Å². The van der Waals surface area contributed by atoms with Gasteiger partial charge in [0, 0.05) is 13.1 Å². The average molecular weight is 282 g/mol. The van der Waals surface area contributed by atoms with E-state index < -0.39 is 15.3 Å². The van der Waals surface area contributed by atoms with Gasteiger partial charge in [0.1, 0.15) is 0 Å². The van der Waals surface area contributed by atoms with Crippen LogP contribution >= 0.6 is 0 Å². The summed E-state index contributed by atoms with van der Waals surface area (Å²) in [6.45, 7) is 2.63. The molecule has 0 bridgehead atoms. The molecule has 1 fully saturated rings. The van der Waals surface area contributed by atoms with Crippen LogP contribution in [0.15, 0.2) is 24.3 Å². The second kappa shape index (κ2) is 5.30. The standard InChI is InChI=1S/C13H18N2O3S/c1-10-4-2-3-5-11(10)8-13(16)15-7-6-12(9-15)19(14,17)18/h2-5,12H,6-9H2,1H3,(H2,14,17,18). The number of likely N-dealkylation sites (tertiary alicyclic amines) is 1. The molecule has 6 heteroatoms. The first-order chi connectivity index (χ1) is 8.88. The summed E-state index contributed by atoms with van der Waals surface area (Å²) in [6.07, 6.45) is 0.738. The van der Waals surface area contributed by atoms with Gasteiger partial charge in [-0.1, -0.05) is 24.3 Å². The first-order valence-electron chi connectivity index (χ1n) is 6.22. The number of amides is 1. The largest absolute Gasteiger partial charge is 0.341 e. The fourth-order valence-corrected chi connectivity index (χ4v) is 3.13. The van der Waals surface area contributed by atoms with Crippen molar-refractivity contribution in [2.45, 2.75) is 25.0 Å². The lowest BCUT2D eigenvalue weighted by Gasteiger charge is -2.16. The highest BCUT2D eigenvalue weighted by atomic mass is 32.2. The molecule has 0 spiro atoms. The van der Waals surface area contributed by atoms with Crippen molar-refractivity contribution in [3.63, 3.8) is 0 Å². The molecule has 1 aromatic rings. The Bertz CT molecular complexity index is 583. The van der Waals surface area contributed by atoms with Crippen LogP contribution in [0.1, 0.15) is 17.5 Å². The molecule has 1 amide bonds. The molecule has 1 heterocycles.